The number of hydrogen-bond donors (Lipinski definition) is 3. The normalized spacial score (nSPS) is 20.4. The third-order valence-corrected chi connectivity index (χ3v) is 5.44. The molecule has 0 aliphatic heterocycles. The van der Waals surface area contributed by atoms with Crippen LogP contribution < -0.4 is 16.0 Å². The second-order valence-corrected chi connectivity index (χ2v) is 10.5. The molecule has 0 saturated heterocycles. The molecule has 1 fully saturated rings. The third kappa shape index (κ3) is 9.81. The fourth-order valence-electron chi connectivity index (χ4n) is 3.80. The van der Waals surface area contributed by atoms with Crippen molar-refractivity contribution >= 4 is 17.9 Å². The molecule has 1 aliphatic carbocycles. The highest BCUT2D eigenvalue weighted by molar-refractivity contribution is 5.86. The van der Waals surface area contributed by atoms with Crippen LogP contribution in [0.2, 0.25) is 0 Å². The van der Waals surface area contributed by atoms with Gasteiger partial charge in [0.05, 0.1) is 0 Å². The maximum Gasteiger partial charge on any atom is 0.408 e. The van der Waals surface area contributed by atoms with Crippen LogP contribution in [-0.4, -0.2) is 42.6 Å². The first-order valence-corrected chi connectivity index (χ1v) is 11.4. The van der Waals surface area contributed by atoms with Crippen LogP contribution in [0.15, 0.2) is 0 Å². The van der Waals surface area contributed by atoms with Crippen LogP contribution in [0.5, 0.6) is 0 Å². The first-order chi connectivity index (χ1) is 13.8. The molecule has 174 valence electrons. The Hall–Kier alpha value is -1.79. The van der Waals surface area contributed by atoms with Gasteiger partial charge in [-0.05, 0) is 57.3 Å². The molecule has 3 N–H and O–H groups in total. The van der Waals surface area contributed by atoms with Crippen molar-refractivity contribution in [2.45, 2.75) is 98.6 Å². The summed E-state index contributed by atoms with van der Waals surface area (Å²) in [6, 6.07) is -0.704. The number of amides is 3. The zero-order valence-corrected chi connectivity index (χ0v) is 20.0. The molecule has 1 rings (SSSR count). The molecule has 30 heavy (non-hydrogen) atoms. The Labute approximate surface area is 182 Å². The number of carbonyl (C=O) groups excluding carboxylic acids is 3. The minimum absolute atomic E-state index is 0.103. The molecule has 0 heterocycles. The molecule has 1 aliphatic rings. The maximum atomic E-state index is 12.9. The van der Waals surface area contributed by atoms with Gasteiger partial charge in [0.25, 0.3) is 0 Å². The van der Waals surface area contributed by atoms with Crippen LogP contribution in [0, 0.1) is 17.3 Å². The number of nitrogens with one attached hydrogen (secondary N) is 3. The minimum atomic E-state index is -0.704. The summed E-state index contributed by atoms with van der Waals surface area (Å²) in [5.41, 5.74) is -1.09. The average molecular weight is 426 g/mol. The van der Waals surface area contributed by atoms with Gasteiger partial charge in [0.1, 0.15) is 11.6 Å². The fourth-order valence-corrected chi connectivity index (χ4v) is 3.80. The van der Waals surface area contributed by atoms with Gasteiger partial charge in [0.15, 0.2) is 0 Å². The predicted molar refractivity (Wildman–Crippen MR) is 119 cm³/mol. The van der Waals surface area contributed by atoms with Crippen molar-refractivity contribution in [3.63, 3.8) is 0 Å². The van der Waals surface area contributed by atoms with E-state index in [9.17, 15) is 14.4 Å². The predicted octanol–water partition coefficient (Wildman–Crippen LogP) is 3.76. The van der Waals surface area contributed by atoms with E-state index in [0.717, 1.165) is 38.6 Å². The van der Waals surface area contributed by atoms with Gasteiger partial charge in [-0.1, -0.05) is 40.5 Å². The Balaban J connectivity index is 2.60. The second-order valence-electron chi connectivity index (χ2n) is 10.5. The molecule has 3 unspecified atom stereocenters. The molecule has 0 aromatic carbocycles. The summed E-state index contributed by atoms with van der Waals surface area (Å²) in [6.45, 7) is 14.5. The Morgan fingerprint density at radius 1 is 1.00 bits per heavy atom. The van der Waals surface area contributed by atoms with Gasteiger partial charge in [-0.25, -0.2) is 4.79 Å². The fraction of sp³-hybridized carbons (Fsp3) is 0.870. The molecule has 3 atom stereocenters. The van der Waals surface area contributed by atoms with Gasteiger partial charge in [-0.15, -0.1) is 0 Å². The second kappa shape index (κ2) is 11.6. The Kier molecular flexibility index (Phi) is 10.1. The van der Waals surface area contributed by atoms with Gasteiger partial charge in [-0.2, -0.15) is 0 Å². The first-order valence-electron chi connectivity index (χ1n) is 11.4. The van der Waals surface area contributed by atoms with E-state index in [0.29, 0.717) is 18.9 Å². The van der Waals surface area contributed by atoms with E-state index in [-0.39, 0.29) is 17.7 Å². The van der Waals surface area contributed by atoms with Gasteiger partial charge >= 0.3 is 6.09 Å². The molecule has 0 spiro atoms. The molecule has 1 saturated carbocycles. The Bertz CT molecular complexity index is 578. The van der Waals surface area contributed by atoms with Crippen molar-refractivity contribution < 1.29 is 19.1 Å². The Morgan fingerprint density at radius 2 is 1.63 bits per heavy atom. The highest BCUT2D eigenvalue weighted by Crippen LogP contribution is 2.33. The lowest BCUT2D eigenvalue weighted by molar-refractivity contribution is -0.125. The van der Waals surface area contributed by atoms with Crippen molar-refractivity contribution in [1.82, 2.24) is 16.0 Å². The lowest BCUT2D eigenvalue weighted by Crippen LogP contribution is -2.55. The molecule has 0 aromatic rings. The number of alkyl carbamates (subject to hydrolysis) is 1. The lowest BCUT2D eigenvalue weighted by atomic mass is 9.86. The first kappa shape index (κ1) is 26.2. The van der Waals surface area contributed by atoms with Crippen molar-refractivity contribution in [1.29, 1.82) is 0 Å². The van der Waals surface area contributed by atoms with E-state index in [2.05, 4.69) is 22.9 Å². The molecule has 7 heteroatoms. The molecular weight excluding hydrogens is 382 g/mol. The van der Waals surface area contributed by atoms with Crippen molar-refractivity contribution in [2.24, 2.45) is 17.3 Å². The molecule has 7 nitrogen and oxygen atoms in total. The minimum Gasteiger partial charge on any atom is -0.444 e. The number of carbonyl (C=O) groups is 3. The number of ether oxygens (including phenoxy) is 1. The standard InChI is InChI=1S/C23H43N3O4/c1-8-9-13-24-18(27)14-16-11-10-12-17(16)15-25-20(28)19(22(2,3)4)26-21(29)30-23(5,6)7/h16-17,19H,8-15H2,1-7H3,(H,24,27)(H,25,28)(H,26,29). The monoisotopic (exact) mass is 425 g/mol. The summed E-state index contributed by atoms with van der Waals surface area (Å²) in [5.74, 6) is 0.462. The quantitative estimate of drug-likeness (QED) is 0.490. The van der Waals surface area contributed by atoms with Gasteiger partial charge in [-0.3, -0.25) is 9.59 Å². The molecule has 0 radical (unpaired) electrons. The smallest absolute Gasteiger partial charge is 0.408 e. The van der Waals surface area contributed by atoms with E-state index < -0.39 is 23.2 Å². The topological polar surface area (TPSA) is 96.5 Å². The SMILES string of the molecule is CCCCNC(=O)CC1CCCC1CNC(=O)C(NC(=O)OC(C)(C)C)C(C)(C)C. The number of unbranched alkanes of at least 4 members (excludes halogenated alkanes) is 1. The summed E-state index contributed by atoms with van der Waals surface area (Å²) in [5, 5.41) is 8.72. The molecular formula is C23H43N3O4. The van der Waals surface area contributed by atoms with Crippen LogP contribution >= 0.6 is 0 Å². The van der Waals surface area contributed by atoms with Crippen LogP contribution in [0.3, 0.4) is 0 Å². The summed E-state index contributed by atoms with van der Waals surface area (Å²) in [4.78, 5) is 37.3. The zero-order valence-electron chi connectivity index (χ0n) is 20.0. The van der Waals surface area contributed by atoms with Crippen LogP contribution in [0.25, 0.3) is 0 Å². The van der Waals surface area contributed by atoms with Crippen molar-refractivity contribution in [3.05, 3.63) is 0 Å². The van der Waals surface area contributed by atoms with E-state index in [1.54, 1.807) is 20.8 Å². The summed E-state index contributed by atoms with van der Waals surface area (Å²) in [7, 11) is 0. The number of rotatable bonds is 9. The van der Waals surface area contributed by atoms with E-state index in [1.165, 1.54) is 0 Å². The van der Waals surface area contributed by atoms with Crippen LogP contribution in [-0.2, 0) is 14.3 Å². The summed E-state index contributed by atoms with van der Waals surface area (Å²) in [6.07, 6.45) is 5.07. The highest BCUT2D eigenvalue weighted by Gasteiger charge is 2.35. The Morgan fingerprint density at radius 3 is 2.20 bits per heavy atom. The zero-order chi connectivity index (χ0) is 22.9. The van der Waals surface area contributed by atoms with Crippen molar-refractivity contribution in [3.8, 4) is 0 Å². The summed E-state index contributed by atoms with van der Waals surface area (Å²) < 4.78 is 5.32. The highest BCUT2D eigenvalue weighted by atomic mass is 16.6. The van der Waals surface area contributed by atoms with E-state index in [4.69, 9.17) is 4.74 Å². The number of hydrogen-bond acceptors (Lipinski definition) is 4. The van der Waals surface area contributed by atoms with Gasteiger partial charge in [0.2, 0.25) is 11.8 Å². The summed E-state index contributed by atoms with van der Waals surface area (Å²) >= 11 is 0. The molecule has 0 bridgehead atoms. The van der Waals surface area contributed by atoms with E-state index in [1.807, 2.05) is 20.8 Å². The largest absolute Gasteiger partial charge is 0.444 e. The molecule has 0 aromatic heterocycles. The van der Waals surface area contributed by atoms with Crippen molar-refractivity contribution in [2.75, 3.05) is 13.1 Å². The lowest BCUT2D eigenvalue weighted by Gasteiger charge is -2.32. The van der Waals surface area contributed by atoms with Gasteiger partial charge < -0.3 is 20.7 Å². The average Bonchev–Trinajstić information content (AvgIpc) is 3.02. The van der Waals surface area contributed by atoms with E-state index >= 15 is 0 Å². The third-order valence-electron chi connectivity index (χ3n) is 5.44. The molecule has 3 amide bonds. The maximum absolute atomic E-state index is 12.9. The van der Waals surface area contributed by atoms with Gasteiger partial charge in [0, 0.05) is 19.5 Å². The van der Waals surface area contributed by atoms with Crippen LogP contribution in [0.1, 0.15) is 87.0 Å². The van der Waals surface area contributed by atoms with Crippen LogP contribution in [0.4, 0.5) is 4.79 Å².